The summed E-state index contributed by atoms with van der Waals surface area (Å²) in [5.41, 5.74) is 2.38. The first kappa shape index (κ1) is 74.8. The second kappa shape index (κ2) is 37.2. The van der Waals surface area contributed by atoms with E-state index in [1.807, 2.05) is 13.8 Å². The summed E-state index contributed by atoms with van der Waals surface area (Å²) in [5, 5.41) is 21.5. The van der Waals surface area contributed by atoms with Gasteiger partial charge in [-0.2, -0.15) is 0 Å². The molecule has 4 atom stereocenters. The first-order chi connectivity index (χ1) is 39.1. The molecule has 5 aromatic heterocycles. The first-order valence-corrected chi connectivity index (χ1v) is 26.4. The number of carbonyl (C=O) groups is 7. The third kappa shape index (κ3) is 36.2. The van der Waals surface area contributed by atoms with Gasteiger partial charge in [-0.3, -0.25) is 9.59 Å². The van der Waals surface area contributed by atoms with Crippen LogP contribution in [0.4, 0.5) is 49.8 Å². The lowest BCUT2D eigenvalue weighted by molar-refractivity contribution is -0.139. The number of aromatic nitrogens is 3. The molecule has 1 aliphatic rings. The third-order valence-electron chi connectivity index (χ3n) is 9.74. The highest BCUT2D eigenvalue weighted by molar-refractivity contribution is 6.61. The van der Waals surface area contributed by atoms with E-state index in [2.05, 4.69) is 46.3 Å². The molecule has 0 aliphatic carbocycles. The van der Waals surface area contributed by atoms with Crippen molar-refractivity contribution in [1.82, 2.24) is 30.9 Å². The molecule has 0 radical (unpaired) electrons. The minimum atomic E-state index is -1.14. The van der Waals surface area contributed by atoms with E-state index in [0.717, 1.165) is 31.4 Å². The van der Waals surface area contributed by atoms with E-state index in [1.54, 1.807) is 86.6 Å². The Bertz CT molecular complexity index is 2760. The van der Waals surface area contributed by atoms with Crippen molar-refractivity contribution in [3.63, 3.8) is 0 Å². The minimum absolute atomic E-state index is 0. The number of carboxylic acid groups (broad SMARTS) is 1. The zero-order valence-corrected chi connectivity index (χ0v) is 50.6. The molecule has 85 heavy (non-hydrogen) atoms. The number of alkyl carbamates (subject to hydrolysis) is 3. The van der Waals surface area contributed by atoms with Crippen molar-refractivity contribution in [3.05, 3.63) is 121 Å². The summed E-state index contributed by atoms with van der Waals surface area (Å²) >= 11 is 4.86. The normalized spacial score (nSPS) is 13.5. The number of carboxylic acids is 1. The van der Waals surface area contributed by atoms with Gasteiger partial charge in [-0.1, -0.05) is 13.8 Å². The van der Waals surface area contributed by atoms with E-state index in [4.69, 9.17) is 50.2 Å². The minimum Gasteiger partial charge on any atom is -0.480 e. The number of rotatable bonds is 16. The smallest absolute Gasteiger partial charge is 0.408 e. The molecule has 24 nitrogen and oxygen atoms in total. The Hall–Kier alpha value is -8.17. The molecule has 6 rings (SSSR count). The molecule has 0 saturated carbocycles. The highest BCUT2D eigenvalue weighted by Crippen LogP contribution is 2.19. The third-order valence-corrected chi connectivity index (χ3v) is 9.84. The molecule has 1 fully saturated rings. The highest BCUT2D eigenvalue weighted by Gasteiger charge is 2.30. The zero-order chi connectivity index (χ0) is 63.2. The summed E-state index contributed by atoms with van der Waals surface area (Å²) in [5.74, 6) is -1.43. The van der Waals surface area contributed by atoms with Crippen LogP contribution in [0.1, 0.15) is 107 Å². The fourth-order valence-electron chi connectivity index (χ4n) is 6.29. The average Bonchev–Trinajstić information content (AvgIpc) is 4.38. The maximum absolute atomic E-state index is 12.9. The first-order valence-electron chi connectivity index (χ1n) is 26.1. The Morgan fingerprint density at radius 1 is 0.647 bits per heavy atom. The van der Waals surface area contributed by atoms with Crippen molar-refractivity contribution in [2.45, 2.75) is 149 Å². The lowest BCUT2D eigenvalue weighted by Gasteiger charge is -2.24. The number of carbonyl (C=O) groups excluding carboxylic acids is 6. The van der Waals surface area contributed by atoms with Gasteiger partial charge >= 0.3 is 29.7 Å². The molecule has 29 heteroatoms. The van der Waals surface area contributed by atoms with Crippen molar-refractivity contribution in [2.24, 2.45) is 5.92 Å². The van der Waals surface area contributed by atoms with E-state index in [9.17, 15) is 46.7 Å². The second-order valence-corrected chi connectivity index (χ2v) is 21.7. The van der Waals surface area contributed by atoms with Crippen LogP contribution >= 0.6 is 24.0 Å². The van der Waals surface area contributed by atoms with Gasteiger partial charge in [0.2, 0.25) is 11.8 Å². The van der Waals surface area contributed by atoms with Crippen molar-refractivity contribution in [1.29, 1.82) is 0 Å². The summed E-state index contributed by atoms with van der Waals surface area (Å²) in [6, 6.07) is 11.5. The van der Waals surface area contributed by atoms with Crippen LogP contribution in [0.2, 0.25) is 0 Å². The number of aliphatic carboxylic acids is 1. The highest BCUT2D eigenvalue weighted by atomic mass is 35.5. The number of furan rings is 2. The Morgan fingerprint density at radius 3 is 1.38 bits per heavy atom. The van der Waals surface area contributed by atoms with Crippen molar-refractivity contribution >= 4 is 83.0 Å². The van der Waals surface area contributed by atoms with E-state index in [-0.39, 0.29) is 48.8 Å². The quantitative estimate of drug-likeness (QED) is 0.0356. The van der Waals surface area contributed by atoms with Crippen LogP contribution in [0.15, 0.2) is 101 Å². The number of nitrogens with zero attached hydrogens (tertiary/aromatic N) is 3. The number of anilines is 3. The van der Waals surface area contributed by atoms with Crippen LogP contribution in [-0.4, -0.2) is 116 Å². The number of pyridine rings is 3. The van der Waals surface area contributed by atoms with Crippen LogP contribution < -0.4 is 32.3 Å². The number of amides is 5. The predicted octanol–water partition coefficient (Wildman–Crippen LogP) is 10.6. The number of ether oxygens (including phenoxy) is 5. The van der Waals surface area contributed by atoms with Crippen LogP contribution in [-0.2, 0) is 50.9 Å². The van der Waals surface area contributed by atoms with Gasteiger partial charge < -0.3 is 69.9 Å². The molecule has 6 heterocycles. The Labute approximate surface area is 502 Å². The van der Waals surface area contributed by atoms with Crippen molar-refractivity contribution in [3.8, 4) is 0 Å². The standard InChI is InChI=1S/C17H24FN3O4.C17H20FN3O4.C12H17NO5.C5H9ClO2.C5H5FN2.ClH/c2*1-17(2,3)25-16(23)20-13(9-12-5-4-8-24-12)15(22)21-14-7-6-11(18)10-19-14;1-12(2,3)18-11(16)13-9(10(14)15)7-8-5-4-6-17-8;1-4(2)3-8-5(6)7;6-4-1-2-5(7)8-3-4;/h6-7,10,12-13H,4-5,8-9H2,1-3H3,(H,20,23)(H,19,21,22);4-8,10,13H,9H2,1-3H3,(H,20,23)(H,19,21,22);4-6,9H,7H2,1-3H3,(H,13,16)(H,14,15);4H,3H2,1-2H3;1-3H,(H2,7,8);1H/t12?,13-;13-;9-;;;/m000.../s1. The number of nitrogens with one attached hydrogen (secondary N) is 5. The van der Waals surface area contributed by atoms with Gasteiger partial charge in [0, 0.05) is 37.5 Å². The van der Waals surface area contributed by atoms with E-state index in [0.29, 0.717) is 42.9 Å². The van der Waals surface area contributed by atoms with Gasteiger partial charge in [0.05, 0.1) is 43.8 Å². The van der Waals surface area contributed by atoms with E-state index in [1.165, 1.54) is 48.9 Å². The van der Waals surface area contributed by atoms with Gasteiger partial charge in [0.15, 0.2) is 0 Å². The largest absolute Gasteiger partial charge is 0.480 e. The average molecular weight is 1240 g/mol. The summed E-state index contributed by atoms with van der Waals surface area (Å²) < 4.78 is 73.4. The van der Waals surface area contributed by atoms with Gasteiger partial charge in [0.1, 0.15) is 81.4 Å². The number of nitrogens with two attached hydrogens (primary N) is 1. The summed E-state index contributed by atoms with van der Waals surface area (Å²) in [6.45, 7) is 20.4. The topological polar surface area (TPSA) is 337 Å². The molecule has 1 saturated heterocycles. The van der Waals surface area contributed by atoms with Gasteiger partial charge in [-0.25, -0.2) is 52.1 Å². The molecular formula is C56H76Cl2F3N9O15. The number of nitrogen functional groups attached to an aromatic ring is 1. The SMILES string of the molecule is CC(C)(C)OC(=O)N[C@@H](CC1CCCO1)C(=O)Nc1ccc(F)cn1.CC(C)(C)OC(=O)N[C@@H](Cc1ccco1)C(=O)Nc1ccc(F)cn1.CC(C)(C)OC(=O)N[C@@H](Cc1ccco1)C(=O)O.CC(C)COC(=O)Cl.Cl.Nc1ccc(F)cn1. The van der Waals surface area contributed by atoms with E-state index < -0.39 is 88.1 Å². The predicted molar refractivity (Wildman–Crippen MR) is 309 cm³/mol. The Kier molecular flexibility index (Phi) is 32.8. The van der Waals surface area contributed by atoms with Crippen molar-refractivity contribution < 1.29 is 84.4 Å². The molecule has 0 bridgehead atoms. The Balaban J connectivity index is 0.000000565. The van der Waals surface area contributed by atoms with Crippen LogP contribution in [0.3, 0.4) is 0 Å². The molecule has 1 aliphatic heterocycles. The maximum Gasteiger partial charge on any atom is 0.408 e. The molecule has 0 aromatic carbocycles. The second-order valence-electron chi connectivity index (χ2n) is 21.4. The molecule has 0 spiro atoms. The number of halogens is 5. The maximum atomic E-state index is 12.9. The van der Waals surface area contributed by atoms with Crippen LogP contribution in [0.5, 0.6) is 0 Å². The van der Waals surface area contributed by atoms with E-state index >= 15 is 0 Å². The summed E-state index contributed by atoms with van der Waals surface area (Å²) in [4.78, 5) is 92.4. The monoisotopic (exact) mass is 1240 g/mol. The molecule has 5 aromatic rings. The Morgan fingerprint density at radius 2 is 1.06 bits per heavy atom. The zero-order valence-electron chi connectivity index (χ0n) is 49.0. The summed E-state index contributed by atoms with van der Waals surface area (Å²) in [7, 11) is 0. The lowest BCUT2D eigenvalue weighted by Crippen LogP contribution is -2.47. The van der Waals surface area contributed by atoms with Crippen LogP contribution in [0, 0.1) is 23.4 Å². The number of hydrogen-bond acceptors (Lipinski definition) is 18. The molecular weight excluding hydrogens is 1170 g/mol. The van der Waals surface area contributed by atoms with Gasteiger partial charge in [-0.15, -0.1) is 12.4 Å². The van der Waals surface area contributed by atoms with Gasteiger partial charge in [0.25, 0.3) is 0 Å². The fourth-order valence-corrected chi connectivity index (χ4v) is 6.35. The molecule has 5 amide bonds. The molecule has 470 valence electrons. The fraction of sp³-hybridized carbons (Fsp3) is 0.464. The van der Waals surface area contributed by atoms with Crippen LogP contribution in [0.25, 0.3) is 0 Å². The lowest BCUT2D eigenvalue weighted by atomic mass is 10.1. The molecule has 8 N–H and O–H groups in total. The van der Waals surface area contributed by atoms with Gasteiger partial charge in [-0.05, 0) is 142 Å². The summed E-state index contributed by atoms with van der Waals surface area (Å²) in [6.07, 6.45) is 5.98. The number of hydrogen-bond donors (Lipinski definition) is 7. The molecule has 1 unspecified atom stereocenters. The van der Waals surface area contributed by atoms with Crippen molar-refractivity contribution in [2.75, 3.05) is 29.6 Å².